The van der Waals surface area contributed by atoms with E-state index < -0.39 is 0 Å². The Bertz CT molecular complexity index is 1030. The Kier molecular flexibility index (Phi) is 5.31. The topological polar surface area (TPSA) is 69.9 Å². The number of benzene rings is 1. The Morgan fingerprint density at radius 1 is 1.03 bits per heavy atom. The normalized spacial score (nSPS) is 14.9. The Morgan fingerprint density at radius 2 is 1.76 bits per heavy atom. The monoisotopic (exact) mass is 391 g/mol. The van der Waals surface area contributed by atoms with E-state index in [9.17, 15) is 9.59 Å². The first-order chi connectivity index (χ1) is 14.1. The predicted octanol–water partition coefficient (Wildman–Crippen LogP) is 2.67. The minimum atomic E-state index is -0.343. The SMILES string of the molecule is CCN1CCN(C(=O)c2nc(C(=O)Nc3ccc(C)cc3)n3ccccc23)CC1. The van der Waals surface area contributed by atoms with Crippen LogP contribution in [0.5, 0.6) is 0 Å². The number of anilines is 1. The summed E-state index contributed by atoms with van der Waals surface area (Å²) in [6.45, 7) is 8.15. The Balaban J connectivity index is 1.62. The third kappa shape index (κ3) is 3.86. The van der Waals surface area contributed by atoms with Gasteiger partial charge in [-0.3, -0.25) is 14.0 Å². The maximum atomic E-state index is 13.1. The number of rotatable bonds is 4. The molecule has 1 aromatic carbocycles. The molecular formula is C22H25N5O2. The number of hydrogen-bond donors (Lipinski definition) is 1. The Hall–Kier alpha value is -3.19. The number of imidazole rings is 1. The van der Waals surface area contributed by atoms with Crippen molar-refractivity contribution in [1.29, 1.82) is 0 Å². The molecule has 0 saturated carbocycles. The molecule has 4 rings (SSSR count). The van der Waals surface area contributed by atoms with Crippen molar-refractivity contribution >= 4 is 23.0 Å². The number of nitrogens with one attached hydrogen (secondary N) is 1. The van der Waals surface area contributed by atoms with Gasteiger partial charge in [0.05, 0.1) is 5.52 Å². The molecule has 1 fully saturated rings. The van der Waals surface area contributed by atoms with Gasteiger partial charge in [0.25, 0.3) is 11.8 Å². The fraction of sp³-hybridized carbons (Fsp3) is 0.318. The lowest BCUT2D eigenvalue weighted by Gasteiger charge is -2.33. The molecule has 0 aliphatic carbocycles. The van der Waals surface area contributed by atoms with Crippen LogP contribution in [0.4, 0.5) is 5.69 Å². The van der Waals surface area contributed by atoms with Gasteiger partial charge < -0.3 is 15.1 Å². The number of likely N-dealkylation sites (N-methyl/N-ethyl adjacent to an activating group) is 1. The number of hydrogen-bond acceptors (Lipinski definition) is 4. The highest BCUT2D eigenvalue weighted by Crippen LogP contribution is 2.18. The fourth-order valence-corrected chi connectivity index (χ4v) is 3.60. The van der Waals surface area contributed by atoms with Crippen LogP contribution in [0.25, 0.3) is 5.52 Å². The first kappa shape index (κ1) is 19.1. The molecular weight excluding hydrogens is 366 g/mol. The van der Waals surface area contributed by atoms with Gasteiger partial charge in [-0.25, -0.2) is 4.98 Å². The summed E-state index contributed by atoms with van der Waals surface area (Å²) in [6, 6.07) is 13.1. The summed E-state index contributed by atoms with van der Waals surface area (Å²) in [5, 5.41) is 2.87. The molecule has 29 heavy (non-hydrogen) atoms. The number of aromatic nitrogens is 2. The number of carbonyl (C=O) groups excluding carboxylic acids is 2. The zero-order valence-electron chi connectivity index (χ0n) is 16.8. The number of carbonyl (C=O) groups is 2. The first-order valence-electron chi connectivity index (χ1n) is 9.93. The largest absolute Gasteiger partial charge is 0.335 e. The summed E-state index contributed by atoms with van der Waals surface area (Å²) in [5.41, 5.74) is 2.77. The van der Waals surface area contributed by atoms with Gasteiger partial charge in [0.15, 0.2) is 5.69 Å². The highest BCUT2D eigenvalue weighted by Gasteiger charge is 2.27. The highest BCUT2D eigenvalue weighted by atomic mass is 16.2. The van der Waals surface area contributed by atoms with Crippen molar-refractivity contribution < 1.29 is 9.59 Å². The molecule has 0 radical (unpaired) electrons. The molecule has 0 spiro atoms. The zero-order chi connectivity index (χ0) is 20.4. The number of fused-ring (bicyclic) bond motifs is 1. The summed E-state index contributed by atoms with van der Waals surface area (Å²) in [7, 11) is 0. The van der Waals surface area contributed by atoms with Crippen molar-refractivity contribution in [3.8, 4) is 0 Å². The summed E-state index contributed by atoms with van der Waals surface area (Å²) in [5.74, 6) is -0.263. The predicted molar refractivity (Wildman–Crippen MR) is 112 cm³/mol. The molecule has 3 aromatic rings. The van der Waals surface area contributed by atoms with Crippen LogP contribution in [0.15, 0.2) is 48.7 Å². The Morgan fingerprint density at radius 3 is 2.45 bits per heavy atom. The van der Waals surface area contributed by atoms with E-state index in [1.54, 1.807) is 10.6 Å². The molecule has 2 amide bonds. The summed E-state index contributed by atoms with van der Waals surface area (Å²) < 4.78 is 1.68. The number of pyridine rings is 1. The van der Waals surface area contributed by atoms with Crippen molar-refractivity contribution in [3.05, 3.63) is 65.7 Å². The average molecular weight is 391 g/mol. The lowest BCUT2D eigenvalue weighted by atomic mass is 10.2. The lowest BCUT2D eigenvalue weighted by molar-refractivity contribution is 0.0640. The molecule has 1 aliphatic heterocycles. The van der Waals surface area contributed by atoms with Crippen molar-refractivity contribution in [1.82, 2.24) is 19.2 Å². The summed E-state index contributed by atoms with van der Waals surface area (Å²) in [4.78, 5) is 34.6. The van der Waals surface area contributed by atoms with E-state index in [2.05, 4.69) is 22.1 Å². The third-order valence-corrected chi connectivity index (χ3v) is 5.37. The van der Waals surface area contributed by atoms with Crippen LogP contribution < -0.4 is 5.32 Å². The minimum absolute atomic E-state index is 0.126. The quantitative estimate of drug-likeness (QED) is 0.742. The second-order valence-corrected chi connectivity index (χ2v) is 7.29. The van der Waals surface area contributed by atoms with E-state index >= 15 is 0 Å². The van der Waals surface area contributed by atoms with E-state index in [1.807, 2.05) is 54.3 Å². The molecule has 1 saturated heterocycles. The molecule has 2 aromatic heterocycles. The smallest absolute Gasteiger partial charge is 0.292 e. The number of piperazine rings is 1. The van der Waals surface area contributed by atoms with Crippen LogP contribution >= 0.6 is 0 Å². The second kappa shape index (κ2) is 8.05. The molecule has 7 nitrogen and oxygen atoms in total. The van der Waals surface area contributed by atoms with Gasteiger partial charge in [-0.05, 0) is 37.7 Å². The fourth-order valence-electron chi connectivity index (χ4n) is 3.60. The van der Waals surface area contributed by atoms with Crippen LogP contribution in [0.2, 0.25) is 0 Å². The van der Waals surface area contributed by atoms with Gasteiger partial charge in [-0.1, -0.05) is 30.7 Å². The molecule has 150 valence electrons. The standard InChI is InChI=1S/C22H25N5O2/c1-3-25-12-14-26(15-13-25)22(29)19-18-6-4-5-11-27(18)20(24-19)21(28)23-17-9-7-16(2)8-10-17/h4-11H,3,12-15H2,1-2H3,(H,23,28). The number of aryl methyl sites for hydroxylation is 1. The van der Waals surface area contributed by atoms with E-state index in [-0.39, 0.29) is 17.6 Å². The van der Waals surface area contributed by atoms with Gasteiger partial charge >= 0.3 is 0 Å². The van der Waals surface area contributed by atoms with Gasteiger partial charge in [0.1, 0.15) is 0 Å². The molecule has 3 heterocycles. The van der Waals surface area contributed by atoms with Crippen molar-refractivity contribution in [2.75, 3.05) is 38.0 Å². The second-order valence-electron chi connectivity index (χ2n) is 7.29. The molecule has 7 heteroatoms. The summed E-state index contributed by atoms with van der Waals surface area (Å²) >= 11 is 0. The number of amides is 2. The minimum Gasteiger partial charge on any atom is -0.335 e. The molecule has 0 unspecified atom stereocenters. The number of nitrogens with zero attached hydrogens (tertiary/aromatic N) is 4. The summed E-state index contributed by atoms with van der Waals surface area (Å²) in [6.07, 6.45) is 1.76. The maximum Gasteiger partial charge on any atom is 0.292 e. The van der Waals surface area contributed by atoms with Crippen LogP contribution in [0.1, 0.15) is 33.6 Å². The molecule has 0 atom stereocenters. The average Bonchev–Trinajstić information content (AvgIpc) is 3.15. The van der Waals surface area contributed by atoms with E-state index in [1.165, 1.54) is 0 Å². The van der Waals surface area contributed by atoms with Crippen molar-refractivity contribution in [2.45, 2.75) is 13.8 Å². The Labute approximate surface area is 169 Å². The van der Waals surface area contributed by atoms with Crippen molar-refractivity contribution in [2.24, 2.45) is 0 Å². The van der Waals surface area contributed by atoms with Gasteiger partial charge in [-0.2, -0.15) is 0 Å². The molecule has 1 aliphatic rings. The molecule has 1 N–H and O–H groups in total. The highest BCUT2D eigenvalue weighted by molar-refractivity contribution is 6.06. The maximum absolute atomic E-state index is 13.1. The first-order valence-corrected chi connectivity index (χ1v) is 9.93. The van der Waals surface area contributed by atoms with E-state index in [0.717, 1.165) is 25.2 Å². The van der Waals surface area contributed by atoms with Crippen LogP contribution in [-0.2, 0) is 0 Å². The van der Waals surface area contributed by atoms with Gasteiger partial charge in [0, 0.05) is 38.1 Å². The van der Waals surface area contributed by atoms with Crippen LogP contribution in [-0.4, -0.2) is 63.7 Å². The van der Waals surface area contributed by atoms with Crippen LogP contribution in [0.3, 0.4) is 0 Å². The van der Waals surface area contributed by atoms with Gasteiger partial charge in [0.2, 0.25) is 5.82 Å². The van der Waals surface area contributed by atoms with Crippen LogP contribution in [0, 0.1) is 6.92 Å². The zero-order valence-corrected chi connectivity index (χ0v) is 16.8. The third-order valence-electron chi connectivity index (χ3n) is 5.37. The van der Waals surface area contributed by atoms with E-state index in [0.29, 0.717) is 30.0 Å². The van der Waals surface area contributed by atoms with Crippen molar-refractivity contribution in [3.63, 3.8) is 0 Å². The molecule has 0 bridgehead atoms. The van der Waals surface area contributed by atoms with E-state index in [4.69, 9.17) is 0 Å². The lowest BCUT2D eigenvalue weighted by Crippen LogP contribution is -2.48. The van der Waals surface area contributed by atoms with Gasteiger partial charge in [-0.15, -0.1) is 0 Å².